The van der Waals surface area contributed by atoms with Crippen LogP contribution in [0.4, 0.5) is 5.13 Å². The summed E-state index contributed by atoms with van der Waals surface area (Å²) in [6.45, 7) is 9.18. The van der Waals surface area contributed by atoms with Gasteiger partial charge in [-0.15, -0.1) is 11.3 Å². The van der Waals surface area contributed by atoms with Gasteiger partial charge >= 0.3 is 0 Å². The Morgan fingerprint density at radius 1 is 1.40 bits per heavy atom. The van der Waals surface area contributed by atoms with Crippen molar-refractivity contribution in [1.82, 2.24) is 19.9 Å². The highest BCUT2D eigenvalue weighted by Gasteiger charge is 2.31. The minimum Gasteiger partial charge on any atom is -0.472 e. The number of thiazole rings is 1. The van der Waals surface area contributed by atoms with Crippen molar-refractivity contribution in [3.63, 3.8) is 0 Å². The van der Waals surface area contributed by atoms with Gasteiger partial charge in [-0.3, -0.25) is 14.7 Å². The number of ether oxygens (including phenoxy) is 1. The van der Waals surface area contributed by atoms with Crippen molar-refractivity contribution >= 4 is 22.4 Å². The standard InChI is InChI=1S/C17H23N5O2S/c1-10-6-18-16(12(3)20-10)24-14-5-11(2)22(8-14)9-15-7-19-17(25-15)21-13(4)23/h6-7,11,14H,5,8-9H2,1-4H3,(H,19,21,23)/t11-,14+/m0/s1. The minimum atomic E-state index is -0.0986. The highest BCUT2D eigenvalue weighted by Crippen LogP contribution is 2.27. The molecule has 8 heteroatoms. The van der Waals surface area contributed by atoms with Crippen LogP contribution in [0.1, 0.15) is 36.5 Å². The molecule has 7 nitrogen and oxygen atoms in total. The first-order valence-electron chi connectivity index (χ1n) is 8.34. The Morgan fingerprint density at radius 2 is 2.20 bits per heavy atom. The Kier molecular flexibility index (Phi) is 5.29. The fraction of sp³-hybridized carbons (Fsp3) is 0.529. The van der Waals surface area contributed by atoms with Gasteiger partial charge in [0.15, 0.2) is 5.13 Å². The van der Waals surface area contributed by atoms with E-state index in [1.807, 2.05) is 20.0 Å². The van der Waals surface area contributed by atoms with E-state index in [0.29, 0.717) is 17.1 Å². The number of rotatable bonds is 5. The van der Waals surface area contributed by atoms with Crippen LogP contribution < -0.4 is 10.1 Å². The van der Waals surface area contributed by atoms with Gasteiger partial charge in [-0.25, -0.2) is 9.97 Å². The molecule has 2 aromatic heterocycles. The van der Waals surface area contributed by atoms with Crippen LogP contribution in [-0.4, -0.2) is 44.4 Å². The zero-order valence-electron chi connectivity index (χ0n) is 14.9. The summed E-state index contributed by atoms with van der Waals surface area (Å²) in [4.78, 5) is 27.6. The molecule has 0 saturated carbocycles. The van der Waals surface area contributed by atoms with E-state index in [4.69, 9.17) is 4.74 Å². The molecule has 0 aromatic carbocycles. The Hall–Kier alpha value is -2.06. The summed E-state index contributed by atoms with van der Waals surface area (Å²) >= 11 is 1.51. The van der Waals surface area contributed by atoms with E-state index >= 15 is 0 Å². The molecule has 2 aromatic rings. The normalized spacial score (nSPS) is 20.6. The van der Waals surface area contributed by atoms with Gasteiger partial charge in [-0.1, -0.05) is 0 Å². The number of likely N-dealkylation sites (tertiary alicyclic amines) is 1. The molecule has 3 rings (SSSR count). The molecule has 1 amide bonds. The van der Waals surface area contributed by atoms with Crippen LogP contribution >= 0.6 is 11.3 Å². The lowest BCUT2D eigenvalue weighted by Crippen LogP contribution is -2.27. The molecule has 1 aliphatic heterocycles. The van der Waals surface area contributed by atoms with E-state index < -0.39 is 0 Å². The summed E-state index contributed by atoms with van der Waals surface area (Å²) in [5.74, 6) is 0.522. The highest BCUT2D eigenvalue weighted by atomic mass is 32.1. The Bertz CT molecular complexity index is 763. The van der Waals surface area contributed by atoms with E-state index in [2.05, 4.69) is 32.1 Å². The summed E-state index contributed by atoms with van der Waals surface area (Å²) in [6.07, 6.45) is 4.62. The van der Waals surface area contributed by atoms with E-state index in [1.165, 1.54) is 18.3 Å². The molecular weight excluding hydrogens is 338 g/mol. The van der Waals surface area contributed by atoms with Gasteiger partial charge in [-0.2, -0.15) is 0 Å². The number of nitrogens with one attached hydrogen (secondary N) is 1. The summed E-state index contributed by atoms with van der Waals surface area (Å²) in [5, 5.41) is 3.37. The minimum absolute atomic E-state index is 0.0986. The van der Waals surface area contributed by atoms with Crippen LogP contribution in [0.15, 0.2) is 12.4 Å². The van der Waals surface area contributed by atoms with Gasteiger partial charge in [-0.05, 0) is 20.8 Å². The molecule has 0 aliphatic carbocycles. The van der Waals surface area contributed by atoms with Crippen molar-refractivity contribution in [3.05, 3.63) is 28.7 Å². The van der Waals surface area contributed by atoms with Crippen molar-refractivity contribution in [2.75, 3.05) is 11.9 Å². The molecule has 1 fully saturated rings. The van der Waals surface area contributed by atoms with E-state index in [1.54, 1.807) is 6.20 Å². The molecule has 0 bridgehead atoms. The Labute approximate surface area is 151 Å². The topological polar surface area (TPSA) is 80.2 Å². The molecule has 1 aliphatic rings. The molecule has 0 spiro atoms. The van der Waals surface area contributed by atoms with Gasteiger partial charge in [0.05, 0.1) is 17.6 Å². The molecular formula is C17H23N5O2S. The van der Waals surface area contributed by atoms with Crippen molar-refractivity contribution in [3.8, 4) is 5.88 Å². The molecule has 0 unspecified atom stereocenters. The first-order valence-corrected chi connectivity index (χ1v) is 9.15. The number of carbonyl (C=O) groups is 1. The van der Waals surface area contributed by atoms with Gasteiger partial charge in [0.1, 0.15) is 6.10 Å². The molecule has 1 saturated heterocycles. The number of hydrogen-bond acceptors (Lipinski definition) is 7. The fourth-order valence-corrected chi connectivity index (χ4v) is 3.89. The van der Waals surface area contributed by atoms with Crippen LogP contribution in [0.3, 0.4) is 0 Å². The van der Waals surface area contributed by atoms with Crippen molar-refractivity contribution in [1.29, 1.82) is 0 Å². The second-order valence-corrected chi connectivity index (χ2v) is 7.58. The van der Waals surface area contributed by atoms with E-state index in [0.717, 1.165) is 35.8 Å². The van der Waals surface area contributed by atoms with Gasteiger partial charge in [0.25, 0.3) is 0 Å². The average molecular weight is 361 g/mol. The van der Waals surface area contributed by atoms with E-state index in [-0.39, 0.29) is 12.0 Å². The zero-order chi connectivity index (χ0) is 18.0. The van der Waals surface area contributed by atoms with Crippen LogP contribution in [0.5, 0.6) is 5.88 Å². The quantitative estimate of drug-likeness (QED) is 0.881. The monoisotopic (exact) mass is 361 g/mol. The predicted octanol–water partition coefficient (Wildman–Crippen LogP) is 2.55. The highest BCUT2D eigenvalue weighted by molar-refractivity contribution is 7.15. The second-order valence-electron chi connectivity index (χ2n) is 6.47. The Balaban J connectivity index is 1.59. The molecule has 3 heterocycles. The third kappa shape index (κ3) is 4.52. The van der Waals surface area contributed by atoms with Crippen molar-refractivity contribution in [2.24, 2.45) is 0 Å². The van der Waals surface area contributed by atoms with Gasteiger partial charge < -0.3 is 10.1 Å². The van der Waals surface area contributed by atoms with Crippen molar-refractivity contribution < 1.29 is 9.53 Å². The van der Waals surface area contributed by atoms with Gasteiger partial charge in [0, 0.05) is 43.5 Å². The second kappa shape index (κ2) is 7.45. The zero-order valence-corrected chi connectivity index (χ0v) is 15.8. The lowest BCUT2D eigenvalue weighted by Gasteiger charge is -2.19. The maximum absolute atomic E-state index is 11.1. The number of aromatic nitrogens is 3. The fourth-order valence-electron chi connectivity index (χ4n) is 3.00. The average Bonchev–Trinajstić information content (AvgIpc) is 3.09. The lowest BCUT2D eigenvalue weighted by atomic mass is 10.2. The predicted molar refractivity (Wildman–Crippen MR) is 96.8 cm³/mol. The third-order valence-corrected chi connectivity index (χ3v) is 5.06. The number of aryl methyl sites for hydroxylation is 2. The summed E-state index contributed by atoms with van der Waals surface area (Å²) in [6, 6.07) is 0.412. The first-order chi connectivity index (χ1) is 11.9. The summed E-state index contributed by atoms with van der Waals surface area (Å²) < 4.78 is 6.07. The largest absolute Gasteiger partial charge is 0.472 e. The number of amides is 1. The van der Waals surface area contributed by atoms with Crippen LogP contribution in [0.2, 0.25) is 0 Å². The van der Waals surface area contributed by atoms with Gasteiger partial charge in [0.2, 0.25) is 11.8 Å². The summed E-state index contributed by atoms with van der Waals surface area (Å²) in [7, 11) is 0. The third-order valence-electron chi connectivity index (χ3n) is 4.16. The maximum atomic E-state index is 11.1. The number of carbonyl (C=O) groups excluding carboxylic acids is 1. The molecule has 1 N–H and O–H groups in total. The molecule has 134 valence electrons. The van der Waals surface area contributed by atoms with Crippen molar-refractivity contribution in [2.45, 2.75) is 52.8 Å². The SMILES string of the molecule is CC(=O)Nc1ncc(CN2C[C@H](Oc3ncc(C)nc3C)C[C@@H]2C)s1. The maximum Gasteiger partial charge on any atom is 0.235 e. The van der Waals surface area contributed by atoms with E-state index in [9.17, 15) is 4.79 Å². The van der Waals surface area contributed by atoms with Crippen LogP contribution in [-0.2, 0) is 11.3 Å². The van der Waals surface area contributed by atoms with Crippen LogP contribution in [0.25, 0.3) is 0 Å². The smallest absolute Gasteiger partial charge is 0.235 e. The number of anilines is 1. The lowest BCUT2D eigenvalue weighted by molar-refractivity contribution is -0.114. The Morgan fingerprint density at radius 3 is 2.92 bits per heavy atom. The molecule has 2 atom stereocenters. The number of nitrogens with zero attached hydrogens (tertiary/aromatic N) is 4. The first kappa shape index (κ1) is 17.8. The summed E-state index contributed by atoms with van der Waals surface area (Å²) in [5.41, 5.74) is 1.72. The molecule has 25 heavy (non-hydrogen) atoms. The number of hydrogen-bond donors (Lipinski definition) is 1. The molecule has 0 radical (unpaired) electrons. The van der Waals surface area contributed by atoms with Crippen LogP contribution in [0, 0.1) is 13.8 Å².